The number of amides is 3. The zero-order valence-corrected chi connectivity index (χ0v) is 16.7. The van der Waals surface area contributed by atoms with Gasteiger partial charge in [0.1, 0.15) is 6.54 Å². The van der Waals surface area contributed by atoms with Gasteiger partial charge in [-0.15, -0.1) is 0 Å². The van der Waals surface area contributed by atoms with Gasteiger partial charge in [0, 0.05) is 21.9 Å². The number of carbonyl (C=O) groups excluding carboxylic acids is 3. The van der Waals surface area contributed by atoms with Crippen LogP contribution in [-0.4, -0.2) is 34.1 Å². The quantitative estimate of drug-likeness (QED) is 0.353. The minimum atomic E-state index is -0.718. The van der Waals surface area contributed by atoms with Gasteiger partial charge in [-0.3, -0.25) is 34.3 Å². The fraction of sp³-hybridized carbons (Fsp3) is 0.0455. The lowest BCUT2D eigenvalue weighted by Crippen LogP contribution is -2.41. The molecule has 8 nitrogen and oxygen atoms in total. The van der Waals surface area contributed by atoms with Crippen LogP contribution < -0.4 is 4.90 Å². The van der Waals surface area contributed by atoms with Crippen molar-refractivity contribution in [3.63, 3.8) is 0 Å². The Labute approximate surface area is 180 Å². The molecule has 0 bridgehead atoms. The van der Waals surface area contributed by atoms with Crippen LogP contribution in [0.2, 0.25) is 0 Å². The Balaban J connectivity index is 1.49. The Morgan fingerprint density at radius 1 is 0.871 bits per heavy atom. The summed E-state index contributed by atoms with van der Waals surface area (Å²) in [6, 6.07) is 18.3. The summed E-state index contributed by atoms with van der Waals surface area (Å²) in [6.07, 6.45) is 0. The van der Waals surface area contributed by atoms with Gasteiger partial charge in [-0.25, -0.2) is 0 Å². The van der Waals surface area contributed by atoms with E-state index in [1.165, 1.54) is 28.8 Å². The first-order valence-corrected chi connectivity index (χ1v) is 10.1. The van der Waals surface area contributed by atoms with Crippen molar-refractivity contribution in [1.82, 2.24) is 4.90 Å². The molecular formula is C22H13N3O5S. The number of non-ortho nitro benzene ring substituents is 1. The molecule has 9 heteroatoms. The molecule has 0 atom stereocenters. The maximum atomic E-state index is 13.4. The van der Waals surface area contributed by atoms with Gasteiger partial charge in [-0.2, -0.15) is 0 Å². The lowest BCUT2D eigenvalue weighted by molar-refractivity contribution is -0.384. The number of hydrogen-bond donors (Lipinski definition) is 0. The van der Waals surface area contributed by atoms with Gasteiger partial charge in [-0.05, 0) is 30.3 Å². The van der Waals surface area contributed by atoms with E-state index in [9.17, 15) is 24.5 Å². The van der Waals surface area contributed by atoms with Crippen LogP contribution in [0.3, 0.4) is 0 Å². The van der Waals surface area contributed by atoms with Crippen molar-refractivity contribution in [2.24, 2.45) is 0 Å². The van der Waals surface area contributed by atoms with Gasteiger partial charge < -0.3 is 0 Å². The van der Waals surface area contributed by atoms with Crippen molar-refractivity contribution in [2.45, 2.75) is 9.79 Å². The molecule has 31 heavy (non-hydrogen) atoms. The molecule has 0 N–H and O–H groups in total. The normalized spacial score (nSPS) is 14.2. The van der Waals surface area contributed by atoms with Gasteiger partial charge >= 0.3 is 0 Å². The summed E-state index contributed by atoms with van der Waals surface area (Å²) in [5, 5.41) is 11.0. The molecule has 2 aliphatic heterocycles. The van der Waals surface area contributed by atoms with Gasteiger partial charge in [-0.1, -0.05) is 36.0 Å². The maximum Gasteiger partial charge on any atom is 0.270 e. The van der Waals surface area contributed by atoms with Crippen LogP contribution in [0.15, 0.2) is 76.5 Å². The topological polar surface area (TPSA) is 101 Å². The van der Waals surface area contributed by atoms with E-state index in [2.05, 4.69) is 0 Å². The molecule has 3 aromatic rings. The molecule has 0 fully saturated rings. The van der Waals surface area contributed by atoms with E-state index < -0.39 is 29.2 Å². The molecule has 152 valence electrons. The molecular weight excluding hydrogens is 418 g/mol. The Morgan fingerprint density at radius 3 is 2.06 bits per heavy atom. The molecule has 0 unspecified atom stereocenters. The van der Waals surface area contributed by atoms with Gasteiger partial charge in [0.15, 0.2) is 0 Å². The van der Waals surface area contributed by atoms with Crippen LogP contribution >= 0.6 is 11.8 Å². The molecule has 2 heterocycles. The Morgan fingerprint density at radius 2 is 1.45 bits per heavy atom. The van der Waals surface area contributed by atoms with Crippen LogP contribution in [0, 0.1) is 10.1 Å². The molecule has 3 amide bonds. The Hall–Kier alpha value is -3.98. The van der Waals surface area contributed by atoms with Gasteiger partial charge in [0.25, 0.3) is 23.4 Å². The molecule has 0 aromatic heterocycles. The second kappa shape index (κ2) is 7.06. The number of imide groups is 1. The molecule has 5 rings (SSSR count). The van der Waals surface area contributed by atoms with Crippen LogP contribution in [-0.2, 0) is 4.79 Å². The fourth-order valence-corrected chi connectivity index (χ4v) is 4.77. The number of fused-ring (bicyclic) bond motifs is 3. The highest BCUT2D eigenvalue weighted by Gasteiger charge is 2.39. The van der Waals surface area contributed by atoms with Crippen LogP contribution in [0.25, 0.3) is 0 Å². The van der Waals surface area contributed by atoms with Crippen LogP contribution in [0.1, 0.15) is 20.7 Å². The highest BCUT2D eigenvalue weighted by Crippen LogP contribution is 2.48. The molecule has 0 aliphatic carbocycles. The summed E-state index contributed by atoms with van der Waals surface area (Å²) in [5.74, 6) is -1.81. The zero-order valence-electron chi connectivity index (χ0n) is 15.8. The number of para-hydroxylation sites is 2. The number of anilines is 2. The Bertz CT molecular complexity index is 1260. The minimum Gasteiger partial charge on any atom is -0.277 e. The third-order valence-corrected chi connectivity index (χ3v) is 6.27. The summed E-state index contributed by atoms with van der Waals surface area (Å²) in [4.78, 5) is 53.4. The first-order chi connectivity index (χ1) is 15.0. The third-order valence-electron chi connectivity index (χ3n) is 5.14. The van der Waals surface area contributed by atoms with E-state index in [-0.39, 0.29) is 16.8 Å². The second-order valence-electron chi connectivity index (χ2n) is 6.95. The van der Waals surface area contributed by atoms with E-state index in [0.29, 0.717) is 11.4 Å². The molecule has 0 saturated heterocycles. The number of nitro groups is 1. The predicted octanol–water partition coefficient (Wildman–Crippen LogP) is 4.02. The highest BCUT2D eigenvalue weighted by molar-refractivity contribution is 7.99. The fourth-order valence-electron chi connectivity index (χ4n) is 3.72. The maximum absolute atomic E-state index is 13.4. The molecule has 0 radical (unpaired) electrons. The minimum absolute atomic E-state index is 0.0541. The summed E-state index contributed by atoms with van der Waals surface area (Å²) in [5.41, 5.74) is 1.04. The number of benzene rings is 3. The SMILES string of the molecule is O=C1c2ccc([N+](=O)[O-])cc2C(=O)N1CC(=O)N1c2ccccc2Sc2ccccc21. The smallest absolute Gasteiger partial charge is 0.270 e. The van der Waals surface area contributed by atoms with E-state index >= 15 is 0 Å². The molecule has 0 saturated carbocycles. The number of nitrogens with zero attached hydrogens (tertiary/aromatic N) is 3. The summed E-state index contributed by atoms with van der Waals surface area (Å²) in [6.45, 7) is -0.479. The number of nitro benzene ring substituents is 1. The van der Waals surface area contributed by atoms with Crippen molar-refractivity contribution in [1.29, 1.82) is 0 Å². The first-order valence-electron chi connectivity index (χ1n) is 9.29. The first kappa shape index (κ1) is 19.0. The molecule has 3 aromatic carbocycles. The van der Waals surface area contributed by atoms with Crippen LogP contribution in [0.4, 0.5) is 17.1 Å². The average molecular weight is 431 g/mol. The lowest BCUT2D eigenvalue weighted by atomic mass is 10.1. The van der Waals surface area contributed by atoms with Crippen molar-refractivity contribution >= 4 is 46.5 Å². The number of carbonyl (C=O) groups is 3. The van der Waals surface area contributed by atoms with Crippen molar-refractivity contribution in [3.8, 4) is 0 Å². The van der Waals surface area contributed by atoms with E-state index in [0.717, 1.165) is 20.8 Å². The van der Waals surface area contributed by atoms with Crippen molar-refractivity contribution in [2.75, 3.05) is 11.4 Å². The van der Waals surface area contributed by atoms with Gasteiger partial charge in [0.2, 0.25) is 0 Å². The zero-order chi connectivity index (χ0) is 21.7. The molecule has 2 aliphatic rings. The predicted molar refractivity (Wildman–Crippen MR) is 113 cm³/mol. The van der Waals surface area contributed by atoms with Crippen molar-refractivity contribution < 1.29 is 19.3 Å². The summed E-state index contributed by atoms with van der Waals surface area (Å²) < 4.78 is 0. The lowest BCUT2D eigenvalue weighted by Gasteiger charge is -2.31. The Kier molecular flexibility index (Phi) is 4.33. The third kappa shape index (κ3) is 2.98. The van der Waals surface area contributed by atoms with Crippen molar-refractivity contribution in [3.05, 3.63) is 88.0 Å². The monoisotopic (exact) mass is 431 g/mol. The highest BCUT2D eigenvalue weighted by atomic mass is 32.2. The number of rotatable bonds is 3. The van der Waals surface area contributed by atoms with E-state index in [1.807, 2.05) is 48.5 Å². The largest absolute Gasteiger partial charge is 0.277 e. The molecule has 0 spiro atoms. The standard InChI is InChI=1S/C22H13N3O5S/c26-20(12-23-21(27)14-10-9-13(25(29)30)11-15(14)22(23)28)24-16-5-1-3-7-18(16)31-19-8-4-2-6-17(19)24/h1-11H,12H2. The van der Waals surface area contributed by atoms with E-state index in [1.54, 1.807) is 0 Å². The van der Waals surface area contributed by atoms with Gasteiger partial charge in [0.05, 0.1) is 27.4 Å². The van der Waals surface area contributed by atoms with E-state index in [4.69, 9.17) is 0 Å². The average Bonchev–Trinajstić information content (AvgIpc) is 3.01. The second-order valence-corrected chi connectivity index (χ2v) is 8.03. The number of hydrogen-bond acceptors (Lipinski definition) is 6. The van der Waals surface area contributed by atoms with Crippen LogP contribution in [0.5, 0.6) is 0 Å². The summed E-state index contributed by atoms with van der Waals surface area (Å²) in [7, 11) is 0. The summed E-state index contributed by atoms with van der Waals surface area (Å²) >= 11 is 1.54.